The third-order valence-corrected chi connectivity index (χ3v) is 3.41. The predicted molar refractivity (Wildman–Crippen MR) is 69.7 cm³/mol. The summed E-state index contributed by atoms with van der Waals surface area (Å²) in [4.78, 5) is 34.3. The van der Waals surface area contributed by atoms with E-state index < -0.39 is 22.1 Å². The Balaban J connectivity index is 2.57. The van der Waals surface area contributed by atoms with Gasteiger partial charge in [-0.2, -0.15) is 0 Å². The summed E-state index contributed by atoms with van der Waals surface area (Å²) in [5, 5.41) is 20.0. The first-order valence-corrected chi connectivity index (χ1v) is 6.28. The van der Waals surface area contributed by atoms with Crippen LogP contribution in [-0.2, 0) is 4.79 Å². The first-order chi connectivity index (χ1) is 8.91. The molecule has 8 heteroatoms. The topological polar surface area (TPSA) is 101 Å². The third-order valence-electron chi connectivity index (χ3n) is 2.80. The van der Waals surface area contributed by atoms with Gasteiger partial charge in [-0.1, -0.05) is 22.0 Å². The molecule has 0 bridgehead atoms. The number of nitrogens with zero attached hydrogens (tertiary/aromatic N) is 2. The van der Waals surface area contributed by atoms with Crippen molar-refractivity contribution < 1.29 is 19.6 Å². The highest BCUT2D eigenvalue weighted by Crippen LogP contribution is 2.33. The van der Waals surface area contributed by atoms with Crippen LogP contribution < -0.4 is 4.90 Å². The van der Waals surface area contributed by atoms with E-state index in [9.17, 15) is 19.7 Å². The number of aromatic carboxylic acids is 1. The Labute approximate surface area is 116 Å². The lowest BCUT2D eigenvalue weighted by molar-refractivity contribution is -0.385. The lowest BCUT2D eigenvalue weighted by Crippen LogP contribution is -2.27. The molecule has 1 amide bonds. The lowest BCUT2D eigenvalue weighted by Gasteiger charge is -2.18. The fourth-order valence-electron chi connectivity index (χ4n) is 2.02. The van der Waals surface area contributed by atoms with Crippen molar-refractivity contribution in [1.82, 2.24) is 0 Å². The molecule has 1 atom stereocenters. The lowest BCUT2D eigenvalue weighted by atomic mass is 10.1. The van der Waals surface area contributed by atoms with Crippen molar-refractivity contribution in [3.05, 3.63) is 33.9 Å². The molecule has 0 aliphatic carbocycles. The van der Waals surface area contributed by atoms with Crippen LogP contribution in [0.1, 0.15) is 16.8 Å². The molecule has 7 nitrogen and oxygen atoms in total. The Hall–Kier alpha value is -1.96. The van der Waals surface area contributed by atoms with Gasteiger partial charge in [0.15, 0.2) is 5.56 Å². The molecule has 0 spiro atoms. The van der Waals surface area contributed by atoms with Gasteiger partial charge in [0.05, 0.1) is 10.6 Å². The Morgan fingerprint density at radius 3 is 2.68 bits per heavy atom. The maximum atomic E-state index is 11.8. The zero-order valence-corrected chi connectivity index (χ0v) is 11.2. The molecule has 19 heavy (non-hydrogen) atoms. The van der Waals surface area contributed by atoms with Gasteiger partial charge < -0.3 is 10.0 Å². The minimum Gasteiger partial charge on any atom is -0.477 e. The van der Waals surface area contributed by atoms with E-state index in [0.29, 0.717) is 6.54 Å². The van der Waals surface area contributed by atoms with Crippen molar-refractivity contribution in [3.8, 4) is 0 Å². The summed E-state index contributed by atoms with van der Waals surface area (Å²) in [6, 6.07) is 3.88. The van der Waals surface area contributed by atoms with Crippen LogP contribution >= 0.6 is 15.9 Å². The van der Waals surface area contributed by atoms with Crippen LogP contribution in [0.3, 0.4) is 0 Å². The molecule has 0 saturated carbocycles. The van der Waals surface area contributed by atoms with E-state index in [4.69, 9.17) is 5.11 Å². The van der Waals surface area contributed by atoms with Crippen LogP contribution in [0.25, 0.3) is 0 Å². The largest absolute Gasteiger partial charge is 0.477 e. The SMILES string of the molecule is O=C(O)c1c(N2CC(Br)CC2=O)cccc1[N+](=O)[O-]. The third kappa shape index (κ3) is 2.43. The van der Waals surface area contributed by atoms with E-state index in [1.807, 2.05) is 0 Å². The van der Waals surface area contributed by atoms with E-state index in [1.54, 1.807) is 0 Å². The Bertz CT molecular complexity index is 574. The fraction of sp³-hybridized carbons (Fsp3) is 0.273. The summed E-state index contributed by atoms with van der Waals surface area (Å²) in [5.41, 5.74) is -0.910. The van der Waals surface area contributed by atoms with E-state index >= 15 is 0 Å². The van der Waals surface area contributed by atoms with Crippen LogP contribution in [0.15, 0.2) is 18.2 Å². The van der Waals surface area contributed by atoms with Gasteiger partial charge in [-0.3, -0.25) is 14.9 Å². The molecular weight excluding hydrogens is 320 g/mol. The highest BCUT2D eigenvalue weighted by Gasteiger charge is 2.34. The summed E-state index contributed by atoms with van der Waals surface area (Å²) in [7, 11) is 0. The summed E-state index contributed by atoms with van der Waals surface area (Å²) in [5.74, 6) is -1.68. The molecule has 1 unspecified atom stereocenters. The van der Waals surface area contributed by atoms with Gasteiger partial charge in [0, 0.05) is 23.9 Å². The minimum absolute atomic E-state index is 0.0636. The Morgan fingerprint density at radius 1 is 1.53 bits per heavy atom. The van der Waals surface area contributed by atoms with Gasteiger partial charge in [0.2, 0.25) is 5.91 Å². The van der Waals surface area contributed by atoms with E-state index in [-0.39, 0.29) is 22.8 Å². The van der Waals surface area contributed by atoms with Crippen LogP contribution in [0.4, 0.5) is 11.4 Å². The van der Waals surface area contributed by atoms with Crippen molar-refractivity contribution >= 4 is 39.2 Å². The van der Waals surface area contributed by atoms with Gasteiger partial charge in [0.1, 0.15) is 0 Å². The number of rotatable bonds is 3. The number of anilines is 1. The minimum atomic E-state index is -1.42. The molecule has 1 heterocycles. The second-order valence-electron chi connectivity index (χ2n) is 4.04. The van der Waals surface area contributed by atoms with Gasteiger partial charge >= 0.3 is 5.97 Å². The molecule has 1 aromatic rings. The number of hydrogen-bond donors (Lipinski definition) is 1. The number of halogens is 1. The molecule has 0 radical (unpaired) electrons. The molecule has 0 aromatic heterocycles. The van der Waals surface area contributed by atoms with Crippen molar-refractivity contribution in [2.24, 2.45) is 0 Å². The van der Waals surface area contributed by atoms with Gasteiger partial charge in [-0.15, -0.1) is 0 Å². The molecule has 1 fully saturated rings. The van der Waals surface area contributed by atoms with Crippen LogP contribution in [0.2, 0.25) is 0 Å². The maximum Gasteiger partial charge on any atom is 0.344 e. The monoisotopic (exact) mass is 328 g/mol. The summed E-state index contributed by atoms with van der Waals surface area (Å²) in [6.45, 7) is 0.292. The van der Waals surface area contributed by atoms with Crippen LogP contribution in [-0.4, -0.2) is 33.3 Å². The predicted octanol–water partition coefficient (Wildman–Crippen LogP) is 1.79. The van der Waals surface area contributed by atoms with Crippen molar-refractivity contribution in [1.29, 1.82) is 0 Å². The summed E-state index contributed by atoms with van der Waals surface area (Å²) < 4.78 is 0. The smallest absolute Gasteiger partial charge is 0.344 e. The van der Waals surface area contributed by atoms with Crippen LogP contribution in [0, 0.1) is 10.1 Å². The average molecular weight is 329 g/mol. The molecule has 1 aliphatic rings. The average Bonchev–Trinajstić information content (AvgIpc) is 2.67. The number of carboxylic acids is 1. The number of nitro groups is 1. The van der Waals surface area contributed by atoms with Crippen molar-refractivity contribution in [2.45, 2.75) is 11.2 Å². The van der Waals surface area contributed by atoms with Gasteiger partial charge in [-0.25, -0.2) is 4.79 Å². The number of hydrogen-bond acceptors (Lipinski definition) is 4. The van der Waals surface area contributed by atoms with E-state index in [1.165, 1.54) is 17.0 Å². The number of alkyl halides is 1. The molecule has 1 aliphatic heterocycles. The highest BCUT2D eigenvalue weighted by molar-refractivity contribution is 9.09. The summed E-state index contributed by atoms with van der Waals surface area (Å²) in [6.07, 6.45) is 0.238. The van der Waals surface area contributed by atoms with E-state index in [0.717, 1.165) is 6.07 Å². The highest BCUT2D eigenvalue weighted by atomic mass is 79.9. The second kappa shape index (κ2) is 4.96. The van der Waals surface area contributed by atoms with Crippen LogP contribution in [0.5, 0.6) is 0 Å². The zero-order chi connectivity index (χ0) is 14.2. The molecule has 1 aromatic carbocycles. The number of carbonyl (C=O) groups is 2. The molecule has 2 rings (SSSR count). The first kappa shape index (κ1) is 13.5. The number of carboxylic acid groups (broad SMARTS) is 1. The first-order valence-electron chi connectivity index (χ1n) is 5.37. The second-order valence-corrected chi connectivity index (χ2v) is 5.33. The Kier molecular flexibility index (Phi) is 3.52. The summed E-state index contributed by atoms with van der Waals surface area (Å²) >= 11 is 3.28. The zero-order valence-electron chi connectivity index (χ0n) is 9.58. The standard InChI is InChI=1S/C11H9BrN2O5/c12-6-4-9(15)13(5-6)7-2-1-3-8(14(18)19)10(7)11(16)17/h1-3,6H,4-5H2,(H,16,17). The number of benzene rings is 1. The molecule has 1 saturated heterocycles. The van der Waals surface area contributed by atoms with Crippen molar-refractivity contribution in [2.75, 3.05) is 11.4 Å². The van der Waals surface area contributed by atoms with E-state index in [2.05, 4.69) is 15.9 Å². The van der Waals surface area contributed by atoms with Crippen molar-refractivity contribution in [3.63, 3.8) is 0 Å². The van der Waals surface area contributed by atoms with Gasteiger partial charge in [-0.05, 0) is 6.07 Å². The Morgan fingerprint density at radius 2 is 2.21 bits per heavy atom. The maximum absolute atomic E-state index is 11.8. The van der Waals surface area contributed by atoms with Gasteiger partial charge in [0.25, 0.3) is 5.69 Å². The molecule has 1 N–H and O–H groups in total. The number of nitro benzene ring substituents is 1. The normalized spacial score (nSPS) is 18.7. The quantitative estimate of drug-likeness (QED) is 0.518. The fourth-order valence-corrected chi connectivity index (χ4v) is 2.59. The number of carbonyl (C=O) groups excluding carboxylic acids is 1. The number of amides is 1. The molecular formula is C11H9BrN2O5. The molecule has 100 valence electrons.